The van der Waals surface area contributed by atoms with Crippen molar-refractivity contribution in [3.8, 4) is 5.75 Å². The van der Waals surface area contributed by atoms with Gasteiger partial charge in [-0.25, -0.2) is 0 Å². The fourth-order valence-electron chi connectivity index (χ4n) is 1.40. The molecule has 0 aromatic heterocycles. The van der Waals surface area contributed by atoms with Crippen molar-refractivity contribution in [3.63, 3.8) is 0 Å². The van der Waals surface area contributed by atoms with E-state index < -0.39 is 0 Å². The number of benzene rings is 2. The number of hydrogen-bond donors (Lipinski definition) is 0. The first-order chi connectivity index (χ1) is 8.27. The highest BCUT2D eigenvalue weighted by Gasteiger charge is 2.12. The highest BCUT2D eigenvalue weighted by molar-refractivity contribution is 5.89. The number of nitrogens with zero attached hydrogens (tertiary/aromatic N) is 1. The molecule has 0 aliphatic heterocycles. The molecule has 0 N–H and O–H groups in total. The molecule has 0 saturated carbocycles. The molecule has 0 fully saturated rings. The predicted octanol–water partition coefficient (Wildman–Crippen LogP) is 2.83. The first-order valence-corrected chi connectivity index (χ1v) is 5.27. The summed E-state index contributed by atoms with van der Waals surface area (Å²) in [6.45, 7) is 1.45. The van der Waals surface area contributed by atoms with E-state index in [2.05, 4.69) is 6.07 Å². The Labute approximate surface area is 100 Å². The second-order valence-corrected chi connectivity index (χ2v) is 3.48. The third-order valence-electron chi connectivity index (χ3n) is 2.15. The summed E-state index contributed by atoms with van der Waals surface area (Å²) < 4.78 is 0. The molecule has 2 aromatic carbocycles. The summed E-state index contributed by atoms with van der Waals surface area (Å²) in [7, 11) is 0. The molecule has 0 spiro atoms. The molecule has 85 valence electrons. The molecule has 2 aromatic rings. The molecule has 0 saturated heterocycles. The number of para-hydroxylation sites is 1. The van der Waals surface area contributed by atoms with Gasteiger partial charge in [0.15, 0.2) is 5.75 Å². The van der Waals surface area contributed by atoms with Gasteiger partial charge < -0.3 is 4.84 Å². The zero-order chi connectivity index (χ0) is 12.1. The molecule has 1 radical (unpaired) electrons. The first-order valence-electron chi connectivity index (χ1n) is 5.27. The standard InChI is InChI=1S/C14H12NO2/c1-12(16)15(13-8-4-2-5-9-13)17-14-10-6-3-7-11-14/h2-4,6-11H,1H3. The third-order valence-corrected chi connectivity index (χ3v) is 2.15. The largest absolute Gasteiger partial charge is 0.372 e. The molecule has 0 aliphatic rings. The van der Waals surface area contributed by atoms with Crippen molar-refractivity contribution in [1.29, 1.82) is 0 Å². The maximum absolute atomic E-state index is 11.5. The zero-order valence-corrected chi connectivity index (χ0v) is 9.46. The van der Waals surface area contributed by atoms with E-state index in [9.17, 15) is 4.79 Å². The van der Waals surface area contributed by atoms with E-state index in [1.807, 2.05) is 18.2 Å². The molecular formula is C14H12NO2. The summed E-state index contributed by atoms with van der Waals surface area (Å²) in [5.74, 6) is 0.431. The van der Waals surface area contributed by atoms with Crippen LogP contribution in [-0.2, 0) is 4.79 Å². The van der Waals surface area contributed by atoms with Gasteiger partial charge in [0, 0.05) is 6.92 Å². The Kier molecular flexibility index (Phi) is 3.40. The minimum atomic E-state index is -0.187. The number of carbonyl (C=O) groups excluding carboxylic acids is 1. The Morgan fingerprint density at radius 3 is 2.53 bits per heavy atom. The Morgan fingerprint density at radius 1 is 1.18 bits per heavy atom. The van der Waals surface area contributed by atoms with Gasteiger partial charge in [-0.15, -0.1) is 5.06 Å². The van der Waals surface area contributed by atoms with Crippen LogP contribution in [0.1, 0.15) is 6.92 Å². The normalized spacial score (nSPS) is 9.71. The Bertz CT molecular complexity index is 482. The summed E-state index contributed by atoms with van der Waals surface area (Å²) in [4.78, 5) is 17.1. The molecule has 0 unspecified atom stereocenters. The number of carbonyl (C=O) groups is 1. The topological polar surface area (TPSA) is 29.5 Å². The van der Waals surface area contributed by atoms with Crippen LogP contribution in [0.3, 0.4) is 0 Å². The van der Waals surface area contributed by atoms with E-state index in [-0.39, 0.29) is 5.91 Å². The van der Waals surface area contributed by atoms with Gasteiger partial charge in [0.25, 0.3) is 5.91 Å². The maximum atomic E-state index is 11.5. The van der Waals surface area contributed by atoms with E-state index in [4.69, 9.17) is 4.84 Å². The summed E-state index contributed by atoms with van der Waals surface area (Å²) >= 11 is 0. The van der Waals surface area contributed by atoms with Gasteiger partial charge in [0.2, 0.25) is 0 Å². The molecule has 2 rings (SSSR count). The number of hydrogen-bond acceptors (Lipinski definition) is 2. The van der Waals surface area contributed by atoms with E-state index >= 15 is 0 Å². The van der Waals surface area contributed by atoms with Crippen LogP contribution in [0.5, 0.6) is 5.75 Å². The molecule has 3 heteroatoms. The van der Waals surface area contributed by atoms with Gasteiger partial charge >= 0.3 is 0 Å². The monoisotopic (exact) mass is 226 g/mol. The van der Waals surface area contributed by atoms with Crippen LogP contribution in [-0.4, -0.2) is 5.91 Å². The van der Waals surface area contributed by atoms with Crippen molar-refractivity contribution in [1.82, 2.24) is 0 Å². The molecule has 17 heavy (non-hydrogen) atoms. The molecule has 1 amide bonds. The lowest BCUT2D eigenvalue weighted by molar-refractivity contribution is -0.120. The van der Waals surface area contributed by atoms with Crippen molar-refractivity contribution < 1.29 is 9.63 Å². The third kappa shape index (κ3) is 2.84. The van der Waals surface area contributed by atoms with Gasteiger partial charge in [-0.05, 0) is 30.3 Å². The number of rotatable bonds is 3. The molecule has 3 nitrogen and oxygen atoms in total. The molecule has 0 atom stereocenters. The molecule has 0 heterocycles. The van der Waals surface area contributed by atoms with Crippen LogP contribution in [0.4, 0.5) is 5.69 Å². The van der Waals surface area contributed by atoms with Crippen LogP contribution in [0.2, 0.25) is 0 Å². The van der Waals surface area contributed by atoms with E-state index in [0.717, 1.165) is 0 Å². The van der Waals surface area contributed by atoms with Gasteiger partial charge in [0.05, 0.1) is 5.69 Å². The van der Waals surface area contributed by atoms with Crippen LogP contribution < -0.4 is 9.90 Å². The lowest BCUT2D eigenvalue weighted by Crippen LogP contribution is -2.31. The van der Waals surface area contributed by atoms with E-state index in [1.165, 1.54) is 12.0 Å². The number of amides is 1. The number of anilines is 1. The maximum Gasteiger partial charge on any atom is 0.256 e. The summed E-state index contributed by atoms with van der Waals surface area (Å²) in [5, 5.41) is 1.24. The van der Waals surface area contributed by atoms with Crippen molar-refractivity contribution >= 4 is 11.6 Å². The second-order valence-electron chi connectivity index (χ2n) is 3.48. The van der Waals surface area contributed by atoms with Gasteiger partial charge in [-0.3, -0.25) is 4.79 Å². The van der Waals surface area contributed by atoms with Crippen molar-refractivity contribution in [3.05, 3.63) is 60.7 Å². The van der Waals surface area contributed by atoms with Crippen molar-refractivity contribution in [2.24, 2.45) is 0 Å². The lowest BCUT2D eigenvalue weighted by atomic mass is 10.3. The second kappa shape index (κ2) is 5.16. The summed E-state index contributed by atoms with van der Waals surface area (Å²) in [5.41, 5.74) is 0.656. The zero-order valence-electron chi connectivity index (χ0n) is 9.46. The fourth-order valence-corrected chi connectivity index (χ4v) is 1.40. The van der Waals surface area contributed by atoms with Crippen molar-refractivity contribution in [2.45, 2.75) is 6.92 Å². The SMILES string of the molecule is CC(=O)N(Oc1ccccc1)c1c[c]ccc1. The Hall–Kier alpha value is -2.29. The quantitative estimate of drug-likeness (QED) is 0.753. The Morgan fingerprint density at radius 2 is 1.94 bits per heavy atom. The average molecular weight is 226 g/mol. The Balaban J connectivity index is 2.23. The summed E-state index contributed by atoms with van der Waals surface area (Å²) in [6.07, 6.45) is 0. The van der Waals surface area contributed by atoms with Gasteiger partial charge in [-0.1, -0.05) is 30.3 Å². The fraction of sp³-hybridized carbons (Fsp3) is 0.0714. The predicted molar refractivity (Wildman–Crippen MR) is 65.5 cm³/mol. The minimum absolute atomic E-state index is 0.187. The minimum Gasteiger partial charge on any atom is -0.372 e. The average Bonchev–Trinajstić information content (AvgIpc) is 2.38. The lowest BCUT2D eigenvalue weighted by Gasteiger charge is -2.20. The number of hydroxylamine groups is 1. The smallest absolute Gasteiger partial charge is 0.256 e. The van der Waals surface area contributed by atoms with E-state index in [1.54, 1.807) is 36.4 Å². The molecular weight excluding hydrogens is 214 g/mol. The highest BCUT2D eigenvalue weighted by atomic mass is 16.7. The van der Waals surface area contributed by atoms with Crippen LogP contribution in [0.15, 0.2) is 54.6 Å². The first kappa shape index (κ1) is 11.2. The van der Waals surface area contributed by atoms with Crippen LogP contribution in [0.25, 0.3) is 0 Å². The highest BCUT2D eigenvalue weighted by Crippen LogP contribution is 2.17. The summed E-state index contributed by atoms with van der Waals surface area (Å²) in [6, 6.07) is 19.2. The van der Waals surface area contributed by atoms with Crippen molar-refractivity contribution in [2.75, 3.05) is 5.06 Å². The van der Waals surface area contributed by atoms with E-state index in [0.29, 0.717) is 11.4 Å². The van der Waals surface area contributed by atoms with Crippen LogP contribution >= 0.6 is 0 Å². The van der Waals surface area contributed by atoms with Gasteiger partial charge in [-0.2, -0.15) is 0 Å². The molecule has 0 aliphatic carbocycles. The molecule has 0 bridgehead atoms. The van der Waals surface area contributed by atoms with Crippen LogP contribution in [0, 0.1) is 6.07 Å². The van der Waals surface area contributed by atoms with Gasteiger partial charge in [0.1, 0.15) is 0 Å².